The summed E-state index contributed by atoms with van der Waals surface area (Å²) in [6.07, 6.45) is 0. The van der Waals surface area contributed by atoms with E-state index in [1.54, 1.807) is 0 Å². The van der Waals surface area contributed by atoms with Gasteiger partial charge in [-0.2, -0.15) is 0 Å². The number of nitrogens with two attached hydrogens (primary N) is 1. The van der Waals surface area contributed by atoms with Crippen LogP contribution >= 0.6 is 27.7 Å². The van der Waals surface area contributed by atoms with Crippen LogP contribution in [0.5, 0.6) is 0 Å². The van der Waals surface area contributed by atoms with Gasteiger partial charge < -0.3 is 10.5 Å². The molecule has 100 valence electrons. The van der Waals surface area contributed by atoms with Crippen LogP contribution in [0.1, 0.15) is 27.7 Å². The van der Waals surface area contributed by atoms with Crippen molar-refractivity contribution >= 4 is 39.3 Å². The molecule has 0 spiro atoms. The van der Waals surface area contributed by atoms with Crippen molar-refractivity contribution in [1.82, 2.24) is 0 Å². The quantitative estimate of drug-likeness (QED) is 0.519. The van der Waals surface area contributed by atoms with Gasteiger partial charge in [-0.25, -0.2) is 0 Å². The third kappa shape index (κ3) is 4.90. The number of anilines is 1. The Balaban J connectivity index is 2.72. The van der Waals surface area contributed by atoms with Crippen molar-refractivity contribution in [3.05, 3.63) is 22.7 Å². The Kier molecular flexibility index (Phi) is 5.10. The molecule has 1 aromatic rings. The van der Waals surface area contributed by atoms with Gasteiger partial charge in [-0.15, -0.1) is 11.8 Å². The molecule has 0 saturated carbocycles. The first-order valence-electron chi connectivity index (χ1n) is 5.63. The van der Waals surface area contributed by atoms with Crippen molar-refractivity contribution in [3.8, 4) is 0 Å². The highest BCUT2D eigenvalue weighted by Gasteiger charge is 2.23. The van der Waals surface area contributed by atoms with Gasteiger partial charge in [0.2, 0.25) is 0 Å². The number of thioether (sulfide) groups is 1. The monoisotopic (exact) mass is 331 g/mol. The smallest absolute Gasteiger partial charge is 0.319 e. The normalized spacial score (nSPS) is 13.2. The minimum absolute atomic E-state index is 0.230. The van der Waals surface area contributed by atoms with Crippen molar-refractivity contribution in [2.45, 2.75) is 43.4 Å². The van der Waals surface area contributed by atoms with Crippen LogP contribution in [-0.4, -0.2) is 16.8 Å². The molecule has 0 saturated heterocycles. The molecule has 0 fully saturated rings. The molecule has 1 rings (SSSR count). The fourth-order valence-corrected chi connectivity index (χ4v) is 2.67. The average Bonchev–Trinajstić information content (AvgIpc) is 2.21. The van der Waals surface area contributed by atoms with E-state index in [0.717, 1.165) is 9.37 Å². The Bertz CT molecular complexity index is 443. The van der Waals surface area contributed by atoms with E-state index >= 15 is 0 Å². The van der Waals surface area contributed by atoms with E-state index in [9.17, 15) is 4.79 Å². The molecule has 1 aromatic carbocycles. The van der Waals surface area contributed by atoms with Gasteiger partial charge in [0, 0.05) is 15.1 Å². The van der Waals surface area contributed by atoms with Crippen LogP contribution in [0.3, 0.4) is 0 Å². The molecule has 5 heteroatoms. The highest BCUT2D eigenvalue weighted by atomic mass is 79.9. The Labute approximate surface area is 121 Å². The second-order valence-electron chi connectivity index (χ2n) is 4.98. The van der Waals surface area contributed by atoms with Crippen LogP contribution in [0.4, 0.5) is 5.69 Å². The van der Waals surface area contributed by atoms with E-state index in [2.05, 4.69) is 15.9 Å². The third-order valence-corrected chi connectivity index (χ3v) is 3.66. The molecule has 1 unspecified atom stereocenters. The summed E-state index contributed by atoms with van der Waals surface area (Å²) < 4.78 is 6.27. The number of halogens is 1. The molecule has 0 radical (unpaired) electrons. The zero-order valence-corrected chi connectivity index (χ0v) is 13.4. The Morgan fingerprint density at radius 2 is 2.06 bits per heavy atom. The summed E-state index contributed by atoms with van der Waals surface area (Å²) in [7, 11) is 0. The van der Waals surface area contributed by atoms with Crippen LogP contribution in [-0.2, 0) is 9.53 Å². The van der Waals surface area contributed by atoms with E-state index in [0.29, 0.717) is 5.69 Å². The highest BCUT2D eigenvalue weighted by molar-refractivity contribution is 9.10. The number of ether oxygens (including phenoxy) is 1. The molecule has 0 amide bonds. The van der Waals surface area contributed by atoms with Gasteiger partial charge in [0.25, 0.3) is 0 Å². The number of rotatable bonds is 3. The van der Waals surface area contributed by atoms with Crippen LogP contribution < -0.4 is 5.73 Å². The lowest BCUT2D eigenvalue weighted by Gasteiger charge is -2.22. The third-order valence-electron chi connectivity index (χ3n) is 2.02. The maximum Gasteiger partial charge on any atom is 0.319 e. The topological polar surface area (TPSA) is 52.3 Å². The van der Waals surface area contributed by atoms with E-state index in [1.165, 1.54) is 11.8 Å². The number of nitrogen functional groups attached to an aromatic ring is 1. The molecule has 3 nitrogen and oxygen atoms in total. The van der Waals surface area contributed by atoms with Gasteiger partial charge in [0.1, 0.15) is 10.9 Å². The van der Waals surface area contributed by atoms with E-state index in [-0.39, 0.29) is 11.2 Å². The first-order valence-corrected chi connectivity index (χ1v) is 7.31. The van der Waals surface area contributed by atoms with Crippen molar-refractivity contribution < 1.29 is 9.53 Å². The van der Waals surface area contributed by atoms with Crippen LogP contribution in [0.25, 0.3) is 0 Å². The van der Waals surface area contributed by atoms with Gasteiger partial charge in [-0.1, -0.05) is 15.9 Å². The highest BCUT2D eigenvalue weighted by Crippen LogP contribution is 2.32. The maximum atomic E-state index is 11.9. The molecule has 0 bridgehead atoms. The minimum Gasteiger partial charge on any atom is -0.459 e. The van der Waals surface area contributed by atoms with Crippen LogP contribution in [0, 0.1) is 0 Å². The lowest BCUT2D eigenvalue weighted by atomic mass is 10.2. The standard InChI is InChI=1S/C13H18BrNO2S/c1-8(12(16)17-13(2,3)4)18-11-7-9(14)5-6-10(11)15/h5-8H,15H2,1-4H3. The summed E-state index contributed by atoms with van der Waals surface area (Å²) in [4.78, 5) is 12.7. The fraction of sp³-hybridized carbons (Fsp3) is 0.462. The summed E-state index contributed by atoms with van der Waals surface area (Å²) in [6, 6.07) is 5.59. The van der Waals surface area contributed by atoms with E-state index in [4.69, 9.17) is 10.5 Å². The molecule has 0 aliphatic heterocycles. The van der Waals surface area contributed by atoms with Gasteiger partial charge >= 0.3 is 5.97 Å². The van der Waals surface area contributed by atoms with E-state index < -0.39 is 5.60 Å². The number of carbonyl (C=O) groups excluding carboxylic acids is 1. The number of hydrogen-bond donors (Lipinski definition) is 1. The SMILES string of the molecule is CC(Sc1cc(Br)ccc1N)C(=O)OC(C)(C)C. The lowest BCUT2D eigenvalue weighted by molar-refractivity contribution is -0.153. The second-order valence-corrected chi connectivity index (χ2v) is 7.27. The molecule has 0 aliphatic carbocycles. The average molecular weight is 332 g/mol. The summed E-state index contributed by atoms with van der Waals surface area (Å²) in [5, 5.41) is -0.291. The van der Waals surface area contributed by atoms with Gasteiger partial charge in [-0.05, 0) is 45.9 Å². The second kappa shape index (κ2) is 5.97. The number of carbonyl (C=O) groups is 1. The van der Waals surface area contributed by atoms with Crippen molar-refractivity contribution in [2.75, 3.05) is 5.73 Å². The molecule has 0 aromatic heterocycles. The summed E-state index contributed by atoms with van der Waals surface area (Å²) in [5.41, 5.74) is 6.07. The molecule has 2 N–H and O–H groups in total. The summed E-state index contributed by atoms with van der Waals surface area (Å²) in [5.74, 6) is -0.230. The summed E-state index contributed by atoms with van der Waals surface area (Å²) >= 11 is 4.79. The van der Waals surface area contributed by atoms with Gasteiger partial charge in [-0.3, -0.25) is 4.79 Å². The van der Waals surface area contributed by atoms with Crippen molar-refractivity contribution in [1.29, 1.82) is 0 Å². The number of hydrogen-bond acceptors (Lipinski definition) is 4. The Morgan fingerprint density at radius 1 is 1.44 bits per heavy atom. The Hall–Kier alpha value is -0.680. The number of esters is 1. The molecule has 0 aliphatic rings. The molecular weight excluding hydrogens is 314 g/mol. The van der Waals surface area contributed by atoms with E-state index in [1.807, 2.05) is 45.9 Å². The largest absolute Gasteiger partial charge is 0.459 e. The molecule has 1 atom stereocenters. The number of benzene rings is 1. The van der Waals surface area contributed by atoms with Gasteiger partial charge in [0.05, 0.1) is 0 Å². The first-order chi connectivity index (χ1) is 8.19. The van der Waals surface area contributed by atoms with Gasteiger partial charge in [0.15, 0.2) is 0 Å². The molecular formula is C13H18BrNO2S. The van der Waals surface area contributed by atoms with Crippen molar-refractivity contribution in [3.63, 3.8) is 0 Å². The van der Waals surface area contributed by atoms with Crippen LogP contribution in [0.2, 0.25) is 0 Å². The predicted molar refractivity (Wildman–Crippen MR) is 79.7 cm³/mol. The maximum absolute atomic E-state index is 11.9. The fourth-order valence-electron chi connectivity index (χ4n) is 1.23. The Morgan fingerprint density at radius 3 is 2.61 bits per heavy atom. The summed E-state index contributed by atoms with van der Waals surface area (Å²) in [6.45, 7) is 7.39. The zero-order chi connectivity index (χ0) is 13.9. The minimum atomic E-state index is -0.464. The lowest BCUT2D eigenvalue weighted by Crippen LogP contribution is -2.28. The van der Waals surface area contributed by atoms with Crippen LogP contribution in [0.15, 0.2) is 27.6 Å². The molecule has 0 heterocycles. The van der Waals surface area contributed by atoms with Crippen molar-refractivity contribution in [2.24, 2.45) is 0 Å². The molecule has 18 heavy (non-hydrogen) atoms. The first kappa shape index (κ1) is 15.4. The predicted octanol–water partition coefficient (Wildman–Crippen LogP) is 3.85. The zero-order valence-electron chi connectivity index (χ0n) is 11.0.